The molecule has 0 aliphatic rings. The van der Waals surface area contributed by atoms with Gasteiger partial charge in [-0.15, -0.1) is 0 Å². The van der Waals surface area contributed by atoms with E-state index in [2.05, 4.69) is 0 Å². The fourth-order valence-electron chi connectivity index (χ4n) is 1.19. The van der Waals surface area contributed by atoms with E-state index in [9.17, 15) is 4.39 Å². The highest BCUT2D eigenvalue weighted by molar-refractivity contribution is 6.32. The van der Waals surface area contributed by atoms with Gasteiger partial charge in [-0.2, -0.15) is 5.26 Å². The van der Waals surface area contributed by atoms with Crippen LogP contribution in [0.25, 0.3) is 0 Å². The van der Waals surface area contributed by atoms with Crippen molar-refractivity contribution >= 4 is 13.3 Å². The maximum atomic E-state index is 13.2. The molecule has 1 aromatic carbocycles. The molecule has 0 bridgehead atoms. The summed E-state index contributed by atoms with van der Waals surface area (Å²) in [5, 5.41) is 8.45. The van der Waals surface area contributed by atoms with Gasteiger partial charge in [0.05, 0.1) is 6.07 Å². The van der Waals surface area contributed by atoms with Crippen molar-refractivity contribution < 1.29 is 4.39 Å². The van der Waals surface area contributed by atoms with E-state index in [1.54, 1.807) is 13.0 Å². The van der Waals surface area contributed by atoms with Crippen molar-refractivity contribution in [3.63, 3.8) is 0 Å². The fourth-order valence-corrected chi connectivity index (χ4v) is 1.19. The molecule has 0 saturated heterocycles. The molecule has 0 aliphatic heterocycles. The number of nitrogens with zero attached hydrogens (tertiary/aromatic N) is 1. The Bertz CT molecular complexity index is 343. The minimum Gasteiger partial charge on any atom is -0.207 e. The van der Waals surface area contributed by atoms with Crippen LogP contribution < -0.4 is 5.46 Å². The van der Waals surface area contributed by atoms with Crippen LogP contribution in [-0.2, 0) is 0 Å². The molecule has 1 unspecified atom stereocenters. The second-order valence-electron chi connectivity index (χ2n) is 3.04. The summed E-state index contributed by atoms with van der Waals surface area (Å²) < 4.78 is 13.2. The van der Waals surface area contributed by atoms with Gasteiger partial charge in [0.2, 0.25) is 0 Å². The van der Waals surface area contributed by atoms with Crippen molar-refractivity contribution in [2.45, 2.75) is 19.3 Å². The highest BCUT2D eigenvalue weighted by atomic mass is 19.1. The van der Waals surface area contributed by atoms with Gasteiger partial charge in [0.15, 0.2) is 0 Å². The first kappa shape index (κ1) is 9.79. The summed E-state index contributed by atoms with van der Waals surface area (Å²) in [6, 6.07) is 6.43. The van der Waals surface area contributed by atoms with E-state index >= 15 is 0 Å². The zero-order chi connectivity index (χ0) is 9.84. The highest BCUT2D eigenvalue weighted by Crippen LogP contribution is 2.20. The Morgan fingerprint density at radius 2 is 2.31 bits per heavy atom. The van der Waals surface area contributed by atoms with Crippen molar-refractivity contribution in [3.05, 3.63) is 29.6 Å². The van der Waals surface area contributed by atoms with Crippen molar-refractivity contribution in [2.24, 2.45) is 0 Å². The van der Waals surface area contributed by atoms with E-state index in [0.717, 1.165) is 0 Å². The van der Waals surface area contributed by atoms with E-state index in [1.807, 2.05) is 6.07 Å². The van der Waals surface area contributed by atoms with Crippen LogP contribution in [0.3, 0.4) is 0 Å². The van der Waals surface area contributed by atoms with E-state index in [1.165, 1.54) is 12.1 Å². The Labute approximate surface area is 78.6 Å². The number of hydrogen-bond acceptors (Lipinski definition) is 1. The smallest absolute Gasteiger partial charge is 0.126 e. The summed E-state index contributed by atoms with van der Waals surface area (Å²) in [5.74, 6) is -0.398. The molecule has 1 nitrogen and oxygen atoms in total. The highest BCUT2D eigenvalue weighted by Gasteiger charge is 2.09. The zero-order valence-electron chi connectivity index (χ0n) is 7.42. The first-order valence-corrected chi connectivity index (χ1v) is 4.07. The first-order chi connectivity index (χ1) is 6.15. The van der Waals surface area contributed by atoms with E-state index in [-0.39, 0.29) is 11.7 Å². The van der Waals surface area contributed by atoms with Crippen LogP contribution in [-0.4, -0.2) is 7.85 Å². The van der Waals surface area contributed by atoms with Crippen LogP contribution >= 0.6 is 0 Å². The summed E-state index contributed by atoms with van der Waals surface area (Å²) in [4.78, 5) is 0. The first-order valence-electron chi connectivity index (χ1n) is 4.07. The molecule has 0 amide bonds. The lowest BCUT2D eigenvalue weighted by atomic mass is 9.89. The number of benzene rings is 1. The number of halogens is 1. The molecule has 64 valence electrons. The van der Waals surface area contributed by atoms with Crippen LogP contribution in [0.2, 0.25) is 0 Å². The number of nitriles is 1. The van der Waals surface area contributed by atoms with Crippen molar-refractivity contribution in [3.8, 4) is 6.07 Å². The molecular weight excluding hydrogens is 164 g/mol. The Kier molecular flexibility index (Phi) is 3.08. The molecule has 0 N–H and O–H groups in total. The summed E-state index contributed by atoms with van der Waals surface area (Å²) in [6.45, 7) is 1.81. The molecule has 3 heteroatoms. The molecule has 1 rings (SSSR count). The predicted octanol–water partition coefficient (Wildman–Crippen LogP) is 1.64. The zero-order valence-corrected chi connectivity index (χ0v) is 7.42. The molecule has 0 heterocycles. The van der Waals surface area contributed by atoms with Gasteiger partial charge < -0.3 is 0 Å². The third-order valence-corrected chi connectivity index (χ3v) is 1.95. The van der Waals surface area contributed by atoms with Gasteiger partial charge >= 0.3 is 0 Å². The maximum Gasteiger partial charge on any atom is 0.126 e. The summed E-state index contributed by atoms with van der Waals surface area (Å²) in [6.07, 6.45) is 0.306. The van der Waals surface area contributed by atoms with Crippen LogP contribution in [0.1, 0.15) is 24.8 Å². The average molecular weight is 173 g/mol. The SMILES string of the molecule is [B]c1ccc(F)c(C(C)CC#N)c1. The maximum absolute atomic E-state index is 13.2. The lowest BCUT2D eigenvalue weighted by molar-refractivity contribution is 0.592. The van der Waals surface area contributed by atoms with Crippen molar-refractivity contribution in [1.82, 2.24) is 0 Å². The van der Waals surface area contributed by atoms with Gasteiger partial charge in [0, 0.05) is 6.42 Å². The number of hydrogen-bond donors (Lipinski definition) is 0. The third kappa shape index (κ3) is 2.32. The average Bonchev–Trinajstić information content (AvgIpc) is 2.09. The van der Waals surface area contributed by atoms with Gasteiger partial charge in [-0.05, 0) is 17.5 Å². The fraction of sp³-hybridized carbons (Fsp3) is 0.300. The van der Waals surface area contributed by atoms with Crippen LogP contribution in [0.5, 0.6) is 0 Å². The van der Waals surface area contributed by atoms with Gasteiger partial charge in [-0.25, -0.2) is 4.39 Å². The number of rotatable bonds is 2. The summed E-state index contributed by atoms with van der Waals surface area (Å²) in [7, 11) is 5.51. The molecular formula is C10H9BFN. The van der Waals surface area contributed by atoms with Crippen molar-refractivity contribution in [2.75, 3.05) is 0 Å². The topological polar surface area (TPSA) is 23.8 Å². The molecule has 1 atom stereocenters. The van der Waals surface area contributed by atoms with E-state index in [0.29, 0.717) is 17.4 Å². The molecule has 2 radical (unpaired) electrons. The van der Waals surface area contributed by atoms with Crippen LogP contribution in [0.15, 0.2) is 18.2 Å². The molecule has 1 aromatic rings. The standard InChI is InChI=1S/C10H9BFN/c1-7(4-5-13)9-6-8(11)2-3-10(9)12/h2-3,6-7H,4H2,1H3. The second-order valence-corrected chi connectivity index (χ2v) is 3.04. The van der Waals surface area contributed by atoms with E-state index < -0.39 is 0 Å². The van der Waals surface area contributed by atoms with Crippen LogP contribution in [0, 0.1) is 17.1 Å². The van der Waals surface area contributed by atoms with Gasteiger partial charge in [0.25, 0.3) is 0 Å². The monoisotopic (exact) mass is 173 g/mol. The minimum atomic E-state index is -0.294. The Hall–Kier alpha value is -1.30. The quantitative estimate of drug-likeness (QED) is 0.623. The van der Waals surface area contributed by atoms with Gasteiger partial charge in [-0.3, -0.25) is 0 Å². The summed E-state index contributed by atoms with van der Waals surface area (Å²) >= 11 is 0. The molecule has 0 fully saturated rings. The molecule has 0 aliphatic carbocycles. The van der Waals surface area contributed by atoms with Gasteiger partial charge in [0.1, 0.15) is 13.7 Å². The lowest BCUT2D eigenvalue weighted by Crippen LogP contribution is -2.07. The Morgan fingerprint density at radius 1 is 1.62 bits per heavy atom. The Morgan fingerprint density at radius 3 is 2.92 bits per heavy atom. The minimum absolute atomic E-state index is 0.103. The molecule has 0 aromatic heterocycles. The Balaban J connectivity index is 3.00. The van der Waals surface area contributed by atoms with Crippen LogP contribution in [0.4, 0.5) is 4.39 Å². The predicted molar refractivity (Wildman–Crippen MR) is 50.4 cm³/mol. The molecule has 0 saturated carbocycles. The van der Waals surface area contributed by atoms with Crippen molar-refractivity contribution in [1.29, 1.82) is 5.26 Å². The molecule has 13 heavy (non-hydrogen) atoms. The largest absolute Gasteiger partial charge is 0.207 e. The summed E-state index contributed by atoms with van der Waals surface area (Å²) in [5.41, 5.74) is 1.04. The van der Waals surface area contributed by atoms with Gasteiger partial charge in [-0.1, -0.05) is 24.5 Å². The lowest BCUT2D eigenvalue weighted by Gasteiger charge is -2.09. The molecule has 0 spiro atoms. The normalized spacial score (nSPS) is 12.1. The second kappa shape index (κ2) is 4.09. The van der Waals surface area contributed by atoms with E-state index in [4.69, 9.17) is 13.1 Å². The third-order valence-electron chi connectivity index (χ3n) is 1.95.